The van der Waals surface area contributed by atoms with Gasteiger partial charge in [-0.15, -0.1) is 39.7 Å². The predicted octanol–water partition coefficient (Wildman–Crippen LogP) is 0.406. The maximum atomic E-state index is 5.63. The number of benzene rings is 2. The fourth-order valence-electron chi connectivity index (χ4n) is 2.22. The average Bonchev–Trinajstić information content (AvgIpc) is 3.26. The Kier molecular flexibility index (Phi) is 13.6. The van der Waals surface area contributed by atoms with Gasteiger partial charge in [0.1, 0.15) is 0 Å². The van der Waals surface area contributed by atoms with Crippen molar-refractivity contribution in [2.75, 3.05) is 0 Å². The predicted molar refractivity (Wildman–Crippen MR) is 101 cm³/mol. The normalized spacial score (nSPS) is 8.96. The van der Waals surface area contributed by atoms with Gasteiger partial charge < -0.3 is 24.8 Å². The topological polar surface area (TPSA) is 0 Å². The molecule has 0 spiro atoms. The molecule has 5 heteroatoms. The first-order valence-corrected chi connectivity index (χ1v) is 15.8. The molecule has 0 fully saturated rings. The van der Waals surface area contributed by atoms with Gasteiger partial charge in [-0.3, -0.25) is 0 Å². The molecule has 0 atom stereocenters. The van der Waals surface area contributed by atoms with Crippen molar-refractivity contribution in [1.82, 2.24) is 0 Å². The second-order valence-electron chi connectivity index (χ2n) is 5.04. The van der Waals surface area contributed by atoms with E-state index in [1.54, 1.807) is 0 Å². The van der Waals surface area contributed by atoms with Crippen LogP contribution in [-0.4, -0.2) is 4.80 Å². The van der Waals surface area contributed by atoms with Crippen LogP contribution in [0.25, 0.3) is 21.5 Å². The zero-order chi connectivity index (χ0) is 16.5. The van der Waals surface area contributed by atoms with Gasteiger partial charge in [0.25, 0.3) is 0 Å². The average molecular weight is 572 g/mol. The Balaban J connectivity index is 0.000000408. The van der Waals surface area contributed by atoms with E-state index in [1.807, 2.05) is 30.3 Å². The first kappa shape index (κ1) is 24.6. The van der Waals surface area contributed by atoms with E-state index in [0.717, 1.165) is 0 Å². The Morgan fingerprint density at radius 1 is 0.840 bits per heavy atom. The van der Waals surface area contributed by atoms with Gasteiger partial charge in [-0.25, -0.2) is 12.1 Å². The van der Waals surface area contributed by atoms with Crippen molar-refractivity contribution in [3.05, 3.63) is 84.9 Å². The summed E-state index contributed by atoms with van der Waals surface area (Å²) in [6.45, 7) is 2.15. The van der Waals surface area contributed by atoms with Gasteiger partial charge in [-0.1, -0.05) is 36.4 Å². The van der Waals surface area contributed by atoms with E-state index in [2.05, 4.69) is 61.5 Å². The van der Waals surface area contributed by atoms with Crippen LogP contribution in [0.15, 0.2) is 84.9 Å². The fourth-order valence-corrected chi connectivity index (χ4v) is 2.22. The van der Waals surface area contributed by atoms with E-state index in [0.29, 0.717) is 0 Å². The summed E-state index contributed by atoms with van der Waals surface area (Å²) < 4.78 is 0. The van der Waals surface area contributed by atoms with Gasteiger partial charge in [0, 0.05) is 0 Å². The number of rotatable bonds is 1. The van der Waals surface area contributed by atoms with E-state index in [4.69, 9.17) is 11.1 Å². The maximum Gasteiger partial charge on any atom is -0.0771 e. The van der Waals surface area contributed by atoms with Crippen LogP contribution in [0.4, 0.5) is 0 Å². The minimum atomic E-state index is -0.263. The number of fused-ring (bicyclic) bond motifs is 3. The van der Waals surface area contributed by atoms with Gasteiger partial charge in [0.2, 0.25) is 0 Å². The van der Waals surface area contributed by atoms with E-state index in [1.165, 1.54) is 50.6 Å². The summed E-state index contributed by atoms with van der Waals surface area (Å²) >= 11 is 6.86. The van der Waals surface area contributed by atoms with Crippen LogP contribution in [0, 0.1) is 0 Å². The molecular formula is C20H19Cl3HfSi-2. The summed E-state index contributed by atoms with van der Waals surface area (Å²) in [6, 6.07) is 30.5. The minimum absolute atomic E-state index is 0. The number of halogens is 3. The van der Waals surface area contributed by atoms with Crippen LogP contribution in [0.5, 0.6) is 0 Å². The van der Waals surface area contributed by atoms with Crippen LogP contribution in [0.3, 0.4) is 0 Å². The molecule has 130 valence electrons. The van der Waals surface area contributed by atoms with E-state index in [9.17, 15) is 0 Å². The first-order chi connectivity index (χ1) is 11.2. The SMILES string of the molecule is CC[Si](Cl)=[Hf+2].[Cl-].[Cl-].c1cc[cH-]c1.c1ccc2c(c1)[cH-]c1ccccc12. The molecule has 0 aliphatic rings. The molecule has 0 saturated carbocycles. The molecular weight excluding hydrogens is 553 g/mol. The van der Waals surface area contributed by atoms with Crippen molar-refractivity contribution in [3.63, 3.8) is 0 Å². The van der Waals surface area contributed by atoms with Crippen molar-refractivity contribution in [3.8, 4) is 0 Å². The van der Waals surface area contributed by atoms with Crippen LogP contribution in [0.1, 0.15) is 6.92 Å². The van der Waals surface area contributed by atoms with Crippen molar-refractivity contribution < 1.29 is 47.8 Å². The molecule has 25 heavy (non-hydrogen) atoms. The molecule has 4 rings (SSSR count). The number of hydrogen-bond acceptors (Lipinski definition) is 0. The van der Waals surface area contributed by atoms with Crippen molar-refractivity contribution >= 4 is 37.4 Å². The second kappa shape index (κ2) is 13.8. The Labute approximate surface area is 182 Å². The second-order valence-corrected chi connectivity index (χ2v) is 17.8. The number of hydrogen-bond donors (Lipinski definition) is 0. The molecule has 0 unspecified atom stereocenters. The van der Waals surface area contributed by atoms with Gasteiger partial charge in [-0.05, 0) is 0 Å². The molecule has 0 amide bonds. The Hall–Kier alpha value is -0.383. The molecule has 0 N–H and O–H groups in total. The van der Waals surface area contributed by atoms with Crippen LogP contribution in [0.2, 0.25) is 6.04 Å². The molecule has 0 aliphatic heterocycles. The van der Waals surface area contributed by atoms with Crippen LogP contribution < -0.4 is 24.8 Å². The van der Waals surface area contributed by atoms with Crippen molar-refractivity contribution in [2.45, 2.75) is 13.0 Å². The van der Waals surface area contributed by atoms with Crippen LogP contribution in [-0.2, 0) is 23.0 Å². The molecule has 4 aromatic carbocycles. The Bertz CT molecular complexity index is 786. The summed E-state index contributed by atoms with van der Waals surface area (Å²) in [5, 5.41) is 5.39. The first-order valence-electron chi connectivity index (χ1n) is 7.65. The quantitative estimate of drug-likeness (QED) is 0.176. The summed E-state index contributed by atoms with van der Waals surface area (Å²) in [4.78, 5) is -0.263. The van der Waals surface area contributed by atoms with Gasteiger partial charge in [-0.2, -0.15) is 18.2 Å². The Morgan fingerprint density at radius 2 is 1.24 bits per heavy atom. The summed E-state index contributed by atoms with van der Waals surface area (Å²) in [5.74, 6) is 0. The molecule has 0 nitrogen and oxygen atoms in total. The van der Waals surface area contributed by atoms with Gasteiger partial charge in [0.05, 0.1) is 0 Å². The largest absolute Gasteiger partial charge is 1.00 e. The Morgan fingerprint density at radius 3 is 1.56 bits per heavy atom. The molecule has 4 aromatic rings. The van der Waals surface area contributed by atoms with E-state index >= 15 is 0 Å². The van der Waals surface area contributed by atoms with Gasteiger partial charge in [0.15, 0.2) is 0 Å². The maximum absolute atomic E-state index is 5.63. The summed E-state index contributed by atoms with van der Waals surface area (Å²) in [6.07, 6.45) is 0. The molecule has 0 heterocycles. The summed E-state index contributed by atoms with van der Waals surface area (Å²) in [7, 11) is 0. The van der Waals surface area contributed by atoms with Crippen molar-refractivity contribution in [2.24, 2.45) is 0 Å². The zero-order valence-corrected chi connectivity index (χ0v) is 20.8. The van der Waals surface area contributed by atoms with Crippen molar-refractivity contribution in [1.29, 1.82) is 0 Å². The zero-order valence-electron chi connectivity index (χ0n) is 13.9. The smallest absolute Gasteiger partial charge is 0.0771 e. The molecule has 0 aliphatic carbocycles. The van der Waals surface area contributed by atoms with Gasteiger partial charge >= 0.3 is 51.9 Å². The molecule has 0 bridgehead atoms. The van der Waals surface area contributed by atoms with Crippen LogP contribution >= 0.6 is 11.1 Å². The third-order valence-electron chi connectivity index (χ3n) is 3.39. The third kappa shape index (κ3) is 8.23. The standard InChI is InChI=1S/C13H9.C5H5.C2H5ClSi.2ClH.Hf/c1-3-7-12-10(5-1)9-11-6-2-4-8-13(11)12;1-2-4-5-3-1;1-2-4-3;;;/h1-9H;1-5H;2H2,1H3;2*1H;/q2*-1;;;;+2/p-2. The monoisotopic (exact) mass is 572 g/mol. The molecule has 0 radical (unpaired) electrons. The molecule has 0 aromatic heterocycles. The van der Waals surface area contributed by atoms with E-state index < -0.39 is 0 Å². The minimum Gasteiger partial charge on any atom is -1.00 e. The van der Waals surface area contributed by atoms with E-state index in [-0.39, 0.29) is 29.6 Å². The molecule has 0 saturated heterocycles. The fraction of sp³-hybridized carbons (Fsp3) is 0.100. The third-order valence-corrected chi connectivity index (χ3v) is 8.62. The summed E-state index contributed by atoms with van der Waals surface area (Å²) in [5.41, 5.74) is 0.